The van der Waals surface area contributed by atoms with Crippen molar-refractivity contribution in [3.05, 3.63) is 9.47 Å². The van der Waals surface area contributed by atoms with Crippen LogP contribution in [0.15, 0.2) is 0 Å². The molecular weight excluding hydrogens is 260 g/mol. The molecule has 17 heavy (non-hydrogen) atoms. The highest BCUT2D eigenvalue weighted by atomic mass is 35.5. The Balaban J connectivity index is 1.82. The summed E-state index contributed by atoms with van der Waals surface area (Å²) in [6.07, 6.45) is 1.13. The minimum atomic E-state index is 0.242. The van der Waals surface area contributed by atoms with Gasteiger partial charge >= 0.3 is 0 Å². The number of aromatic nitrogens is 2. The van der Waals surface area contributed by atoms with E-state index in [2.05, 4.69) is 20.0 Å². The van der Waals surface area contributed by atoms with E-state index in [9.17, 15) is 0 Å². The predicted molar refractivity (Wildman–Crippen MR) is 68.3 cm³/mol. The van der Waals surface area contributed by atoms with Crippen molar-refractivity contribution >= 4 is 22.9 Å². The molecule has 0 unspecified atom stereocenters. The number of aliphatic hydroxyl groups is 1. The van der Waals surface area contributed by atoms with E-state index in [1.165, 1.54) is 11.3 Å². The van der Waals surface area contributed by atoms with Gasteiger partial charge in [-0.2, -0.15) is 0 Å². The van der Waals surface area contributed by atoms with Crippen molar-refractivity contribution in [2.45, 2.75) is 13.0 Å². The molecule has 1 N–H and O–H groups in total. The summed E-state index contributed by atoms with van der Waals surface area (Å²) < 4.78 is 0.511. The quantitative estimate of drug-likeness (QED) is 0.877. The Hall–Kier alpha value is -0.270. The van der Waals surface area contributed by atoms with Crippen LogP contribution in [-0.2, 0) is 6.54 Å². The monoisotopic (exact) mass is 276 g/mol. The summed E-state index contributed by atoms with van der Waals surface area (Å²) in [5, 5.41) is 17.8. The third-order valence-electron chi connectivity index (χ3n) is 2.90. The number of β-amino-alcohol motifs (C(OH)–C–C–N with tert-alkyl or cyclic N) is 1. The second-order valence-electron chi connectivity index (χ2n) is 4.14. The topological polar surface area (TPSA) is 52.5 Å². The van der Waals surface area contributed by atoms with Crippen molar-refractivity contribution in [3.8, 4) is 0 Å². The molecule has 0 saturated carbocycles. The molecule has 0 spiro atoms. The van der Waals surface area contributed by atoms with E-state index in [1.54, 1.807) is 0 Å². The molecule has 0 aromatic carbocycles. The van der Waals surface area contributed by atoms with Gasteiger partial charge in [-0.15, -0.1) is 10.2 Å². The normalized spacial score (nSPS) is 19.4. The number of nitrogens with zero attached hydrogens (tertiary/aromatic N) is 4. The molecule has 0 bridgehead atoms. The largest absolute Gasteiger partial charge is 0.395 e. The molecule has 2 heterocycles. The van der Waals surface area contributed by atoms with Gasteiger partial charge < -0.3 is 5.11 Å². The maximum Gasteiger partial charge on any atom is 0.207 e. The molecule has 1 aliphatic heterocycles. The first kappa shape index (κ1) is 13.2. The van der Waals surface area contributed by atoms with Crippen molar-refractivity contribution in [3.63, 3.8) is 0 Å². The zero-order chi connectivity index (χ0) is 12.1. The Morgan fingerprint density at radius 3 is 2.65 bits per heavy atom. The molecule has 7 heteroatoms. The standard InChI is InChI=1S/C10H17ClN4OS/c11-10-13-12-9(17-10)8-15-3-1-2-14(4-5-15)6-7-16/h16H,1-8H2. The van der Waals surface area contributed by atoms with Gasteiger partial charge in [-0.3, -0.25) is 9.80 Å². The number of hydrogen-bond acceptors (Lipinski definition) is 6. The first-order chi connectivity index (χ1) is 8.28. The van der Waals surface area contributed by atoms with Gasteiger partial charge in [0.15, 0.2) is 0 Å². The van der Waals surface area contributed by atoms with E-state index in [-0.39, 0.29) is 6.61 Å². The van der Waals surface area contributed by atoms with Crippen LogP contribution in [0.4, 0.5) is 0 Å². The van der Waals surface area contributed by atoms with E-state index >= 15 is 0 Å². The second kappa shape index (κ2) is 6.61. The first-order valence-electron chi connectivity index (χ1n) is 5.81. The van der Waals surface area contributed by atoms with Gasteiger partial charge in [0, 0.05) is 19.6 Å². The fourth-order valence-electron chi connectivity index (χ4n) is 2.04. The Bertz CT molecular complexity index is 349. The molecule has 0 atom stereocenters. The second-order valence-corrected chi connectivity index (χ2v) is 5.79. The third-order valence-corrected chi connectivity index (χ3v) is 3.90. The van der Waals surface area contributed by atoms with E-state index in [0.717, 1.165) is 50.7 Å². The SMILES string of the molecule is OCCN1CCCN(Cc2nnc(Cl)s2)CC1. The number of aliphatic hydroxyl groups excluding tert-OH is 1. The van der Waals surface area contributed by atoms with Crippen molar-refractivity contribution < 1.29 is 5.11 Å². The number of halogens is 1. The average molecular weight is 277 g/mol. The van der Waals surface area contributed by atoms with E-state index < -0.39 is 0 Å². The predicted octanol–water partition coefficient (Wildman–Crippen LogP) is 0.691. The van der Waals surface area contributed by atoms with Crippen LogP contribution in [0.3, 0.4) is 0 Å². The van der Waals surface area contributed by atoms with Crippen LogP contribution in [0.2, 0.25) is 4.47 Å². The van der Waals surface area contributed by atoms with Gasteiger partial charge in [0.1, 0.15) is 5.01 Å². The molecule has 1 aromatic rings. The zero-order valence-corrected chi connectivity index (χ0v) is 11.3. The van der Waals surface area contributed by atoms with E-state index in [1.807, 2.05) is 0 Å². The molecule has 1 saturated heterocycles. The Labute approximate surface area is 110 Å². The van der Waals surface area contributed by atoms with Crippen LogP contribution in [0, 0.1) is 0 Å². The summed E-state index contributed by atoms with van der Waals surface area (Å²) in [7, 11) is 0. The van der Waals surface area contributed by atoms with Crippen LogP contribution in [0.1, 0.15) is 11.4 Å². The van der Waals surface area contributed by atoms with Gasteiger partial charge in [0.2, 0.25) is 4.47 Å². The number of hydrogen-bond donors (Lipinski definition) is 1. The Kier molecular flexibility index (Phi) is 5.12. The summed E-state index contributed by atoms with van der Waals surface area (Å²) in [4.78, 5) is 4.67. The van der Waals surface area contributed by atoms with Gasteiger partial charge in [0.05, 0.1) is 13.2 Å². The molecule has 96 valence electrons. The molecule has 1 aliphatic rings. The molecular formula is C10H17ClN4OS. The lowest BCUT2D eigenvalue weighted by atomic mass is 10.4. The van der Waals surface area contributed by atoms with Crippen molar-refractivity contribution in [2.24, 2.45) is 0 Å². The lowest BCUT2D eigenvalue weighted by Gasteiger charge is -2.19. The summed E-state index contributed by atoms with van der Waals surface area (Å²) in [5.74, 6) is 0. The van der Waals surface area contributed by atoms with Crippen molar-refractivity contribution in [1.82, 2.24) is 20.0 Å². The zero-order valence-electron chi connectivity index (χ0n) is 9.68. The van der Waals surface area contributed by atoms with Crippen molar-refractivity contribution in [2.75, 3.05) is 39.3 Å². The number of rotatable bonds is 4. The summed E-state index contributed by atoms with van der Waals surface area (Å²) in [6, 6.07) is 0. The maximum absolute atomic E-state index is 8.93. The summed E-state index contributed by atoms with van der Waals surface area (Å²) >= 11 is 7.21. The van der Waals surface area contributed by atoms with Crippen LogP contribution < -0.4 is 0 Å². The fraction of sp³-hybridized carbons (Fsp3) is 0.800. The van der Waals surface area contributed by atoms with Gasteiger partial charge in [0.25, 0.3) is 0 Å². The van der Waals surface area contributed by atoms with Gasteiger partial charge in [-0.05, 0) is 31.1 Å². The van der Waals surface area contributed by atoms with Crippen molar-refractivity contribution in [1.29, 1.82) is 0 Å². The summed E-state index contributed by atoms with van der Waals surface area (Å²) in [6.45, 7) is 6.00. The van der Waals surface area contributed by atoms with E-state index in [4.69, 9.17) is 16.7 Å². The highest BCUT2D eigenvalue weighted by molar-refractivity contribution is 7.15. The van der Waals surface area contributed by atoms with Crippen LogP contribution >= 0.6 is 22.9 Å². The lowest BCUT2D eigenvalue weighted by Crippen LogP contribution is -2.32. The van der Waals surface area contributed by atoms with Crippen LogP contribution in [0.5, 0.6) is 0 Å². The molecule has 1 aromatic heterocycles. The minimum absolute atomic E-state index is 0.242. The molecule has 0 amide bonds. The molecule has 2 rings (SSSR count). The van der Waals surface area contributed by atoms with Crippen LogP contribution in [-0.4, -0.2) is 64.4 Å². The average Bonchev–Trinajstić information content (AvgIpc) is 2.58. The van der Waals surface area contributed by atoms with Gasteiger partial charge in [-0.25, -0.2) is 0 Å². The molecule has 0 radical (unpaired) electrons. The van der Waals surface area contributed by atoms with Crippen LogP contribution in [0.25, 0.3) is 0 Å². The highest BCUT2D eigenvalue weighted by Crippen LogP contribution is 2.17. The van der Waals surface area contributed by atoms with Gasteiger partial charge in [-0.1, -0.05) is 11.3 Å². The lowest BCUT2D eigenvalue weighted by molar-refractivity contribution is 0.196. The smallest absolute Gasteiger partial charge is 0.207 e. The highest BCUT2D eigenvalue weighted by Gasteiger charge is 2.15. The maximum atomic E-state index is 8.93. The molecule has 0 aliphatic carbocycles. The third kappa shape index (κ3) is 4.15. The molecule has 5 nitrogen and oxygen atoms in total. The minimum Gasteiger partial charge on any atom is -0.395 e. The molecule has 1 fully saturated rings. The summed E-state index contributed by atoms with van der Waals surface area (Å²) in [5.41, 5.74) is 0. The fourth-order valence-corrected chi connectivity index (χ4v) is 2.95. The van der Waals surface area contributed by atoms with E-state index in [0.29, 0.717) is 4.47 Å². The Morgan fingerprint density at radius 1 is 1.18 bits per heavy atom. The Morgan fingerprint density at radius 2 is 1.94 bits per heavy atom. The first-order valence-corrected chi connectivity index (χ1v) is 7.01.